The molecule has 1 aliphatic rings. The largest absolute Gasteiger partial charge is 0.495 e. The Bertz CT molecular complexity index is 1110. The smallest absolute Gasteiger partial charge is 0.319 e. The number of sulfone groups is 1. The van der Waals surface area contributed by atoms with Crippen molar-refractivity contribution in [2.75, 3.05) is 63.6 Å². The minimum atomic E-state index is -3.30. The molecule has 1 aromatic heterocycles. The average molecular weight is 494 g/mol. The van der Waals surface area contributed by atoms with Gasteiger partial charge in [0.1, 0.15) is 11.6 Å². The molecular weight excluding hydrogens is 462 g/mol. The van der Waals surface area contributed by atoms with Crippen LogP contribution in [0.4, 0.5) is 16.3 Å². The predicted molar refractivity (Wildman–Crippen MR) is 129 cm³/mol. The molecule has 0 bridgehead atoms. The molecule has 0 aliphatic carbocycles. The van der Waals surface area contributed by atoms with E-state index in [1.807, 2.05) is 6.92 Å². The van der Waals surface area contributed by atoms with Gasteiger partial charge in [-0.05, 0) is 25.1 Å². The summed E-state index contributed by atoms with van der Waals surface area (Å²) in [5.74, 6) is 1.22. The normalized spacial score (nSPS) is 16.2. The first-order valence-corrected chi connectivity index (χ1v) is 12.9. The van der Waals surface area contributed by atoms with E-state index in [9.17, 15) is 13.2 Å². The number of urea groups is 1. The minimum Gasteiger partial charge on any atom is -0.495 e. The molecule has 1 atom stereocenters. The van der Waals surface area contributed by atoms with Crippen LogP contribution in [0.2, 0.25) is 0 Å². The number of carbonyl (C=O) groups excluding carboxylic acids is 1. The Balaban J connectivity index is 1.94. The van der Waals surface area contributed by atoms with Gasteiger partial charge in [-0.2, -0.15) is 0 Å². The monoisotopic (exact) mass is 493 g/mol. The third-order valence-corrected chi connectivity index (χ3v) is 5.96. The molecule has 2 aromatic rings. The van der Waals surface area contributed by atoms with E-state index in [1.54, 1.807) is 31.4 Å². The molecule has 12 heteroatoms. The van der Waals surface area contributed by atoms with Crippen LogP contribution in [0.15, 0.2) is 24.3 Å². The lowest BCUT2D eigenvalue weighted by Gasteiger charge is -2.34. The average Bonchev–Trinajstić information content (AvgIpc) is 2.78. The lowest BCUT2D eigenvalue weighted by atomic mass is 10.1. The Morgan fingerprint density at radius 1 is 1.26 bits per heavy atom. The molecule has 1 fully saturated rings. The topological polar surface area (TPSA) is 132 Å². The van der Waals surface area contributed by atoms with Crippen LogP contribution >= 0.6 is 0 Å². The number of ether oxygens (including phenoxy) is 3. The number of aromatic nitrogens is 2. The minimum absolute atomic E-state index is 0.0836. The van der Waals surface area contributed by atoms with Crippen molar-refractivity contribution in [1.82, 2.24) is 15.3 Å². The van der Waals surface area contributed by atoms with Crippen molar-refractivity contribution in [2.24, 2.45) is 0 Å². The van der Waals surface area contributed by atoms with E-state index in [0.29, 0.717) is 67.2 Å². The maximum atomic E-state index is 12.1. The standard InChI is InChI=1S/C22H31N5O6S/c1-15-13-33-10-8-27(15)20-12-17(14-34(4,29)30)24-21(26-20)16-5-6-18(19(11-16)32-3)25-22(28)23-7-9-31-2/h5-6,11-12,15H,7-10,13-14H2,1-4H3,(H2,23,25,28)/t15-/m0/s1. The number of carbonyl (C=O) groups is 1. The Morgan fingerprint density at radius 2 is 2.06 bits per heavy atom. The van der Waals surface area contributed by atoms with Gasteiger partial charge in [0, 0.05) is 38.1 Å². The van der Waals surface area contributed by atoms with Gasteiger partial charge >= 0.3 is 6.03 Å². The summed E-state index contributed by atoms with van der Waals surface area (Å²) in [4.78, 5) is 23.4. The van der Waals surface area contributed by atoms with Crippen molar-refractivity contribution in [3.8, 4) is 17.1 Å². The number of benzene rings is 1. The summed E-state index contributed by atoms with van der Waals surface area (Å²) in [5.41, 5.74) is 1.50. The third-order valence-electron chi connectivity index (χ3n) is 5.14. The van der Waals surface area contributed by atoms with E-state index in [1.165, 1.54) is 13.4 Å². The van der Waals surface area contributed by atoms with Gasteiger partial charge in [0.05, 0.1) is 50.1 Å². The summed E-state index contributed by atoms with van der Waals surface area (Å²) in [7, 11) is -0.251. The van der Waals surface area contributed by atoms with E-state index in [-0.39, 0.29) is 11.8 Å². The maximum absolute atomic E-state index is 12.1. The molecule has 0 spiro atoms. The van der Waals surface area contributed by atoms with E-state index in [0.717, 1.165) is 0 Å². The molecule has 1 aliphatic heterocycles. The maximum Gasteiger partial charge on any atom is 0.319 e. The highest BCUT2D eigenvalue weighted by Gasteiger charge is 2.23. The molecule has 11 nitrogen and oxygen atoms in total. The van der Waals surface area contributed by atoms with Crippen LogP contribution in [0.1, 0.15) is 12.6 Å². The fourth-order valence-corrected chi connectivity index (χ4v) is 4.22. The van der Waals surface area contributed by atoms with Gasteiger partial charge in [0.15, 0.2) is 15.7 Å². The zero-order valence-electron chi connectivity index (χ0n) is 19.8. The quantitative estimate of drug-likeness (QED) is 0.501. The van der Waals surface area contributed by atoms with Gasteiger partial charge < -0.3 is 29.7 Å². The number of amides is 2. The zero-order chi connectivity index (χ0) is 24.7. The molecule has 186 valence electrons. The van der Waals surface area contributed by atoms with E-state index in [4.69, 9.17) is 19.2 Å². The van der Waals surface area contributed by atoms with Crippen molar-refractivity contribution >= 4 is 27.4 Å². The first-order chi connectivity index (χ1) is 16.2. The van der Waals surface area contributed by atoms with Gasteiger partial charge in [0.2, 0.25) is 0 Å². The van der Waals surface area contributed by atoms with Gasteiger partial charge in [0.25, 0.3) is 0 Å². The van der Waals surface area contributed by atoms with E-state index < -0.39 is 15.9 Å². The fraction of sp³-hybridized carbons (Fsp3) is 0.500. The van der Waals surface area contributed by atoms with Crippen LogP contribution in [-0.4, -0.2) is 83.8 Å². The molecule has 3 rings (SSSR count). The van der Waals surface area contributed by atoms with Crippen LogP contribution in [0.25, 0.3) is 11.4 Å². The number of hydrogen-bond acceptors (Lipinski definition) is 9. The SMILES string of the molecule is COCCNC(=O)Nc1ccc(-c2nc(CS(C)(=O)=O)cc(N3CCOC[C@@H]3C)n2)cc1OC. The molecule has 2 N–H and O–H groups in total. The van der Waals surface area contributed by atoms with Crippen molar-refractivity contribution in [3.05, 3.63) is 30.0 Å². The fourth-order valence-electron chi connectivity index (χ4n) is 3.54. The van der Waals surface area contributed by atoms with E-state index in [2.05, 4.69) is 20.5 Å². The molecule has 1 aromatic carbocycles. The summed E-state index contributed by atoms with van der Waals surface area (Å²) in [6, 6.07) is 6.55. The molecule has 2 heterocycles. The summed E-state index contributed by atoms with van der Waals surface area (Å²) >= 11 is 0. The number of nitrogens with zero attached hydrogens (tertiary/aromatic N) is 3. The van der Waals surface area contributed by atoms with Gasteiger partial charge in [-0.3, -0.25) is 0 Å². The number of rotatable bonds is 9. The molecule has 34 heavy (non-hydrogen) atoms. The Hall–Kier alpha value is -2.96. The molecule has 1 saturated heterocycles. The number of morpholine rings is 1. The second-order valence-corrected chi connectivity index (χ2v) is 10.2. The number of nitrogens with one attached hydrogen (secondary N) is 2. The van der Waals surface area contributed by atoms with E-state index >= 15 is 0 Å². The van der Waals surface area contributed by atoms with Crippen molar-refractivity contribution in [1.29, 1.82) is 0 Å². The highest BCUT2D eigenvalue weighted by molar-refractivity contribution is 7.89. The Kier molecular flexibility index (Phi) is 8.64. The molecule has 0 saturated carbocycles. The van der Waals surface area contributed by atoms with Gasteiger partial charge in [-0.1, -0.05) is 0 Å². The molecule has 0 unspecified atom stereocenters. The van der Waals surface area contributed by atoms with Crippen LogP contribution in [0.5, 0.6) is 5.75 Å². The summed E-state index contributed by atoms with van der Waals surface area (Å²) in [5, 5.41) is 5.42. The number of hydrogen-bond donors (Lipinski definition) is 2. The van der Waals surface area contributed by atoms with Crippen molar-refractivity contribution in [3.63, 3.8) is 0 Å². The zero-order valence-corrected chi connectivity index (χ0v) is 20.6. The Labute approximate surface area is 199 Å². The summed E-state index contributed by atoms with van der Waals surface area (Å²) < 4.78 is 39.9. The third kappa shape index (κ3) is 7.02. The number of anilines is 2. The summed E-state index contributed by atoms with van der Waals surface area (Å²) in [6.45, 7) is 4.55. The first-order valence-electron chi connectivity index (χ1n) is 10.8. The second kappa shape index (κ2) is 11.4. The molecule has 0 radical (unpaired) electrons. The van der Waals surface area contributed by atoms with Crippen molar-refractivity contribution < 1.29 is 27.4 Å². The Morgan fingerprint density at radius 3 is 2.74 bits per heavy atom. The first kappa shape index (κ1) is 25.7. The highest BCUT2D eigenvalue weighted by atomic mass is 32.2. The van der Waals surface area contributed by atoms with Gasteiger partial charge in [-0.25, -0.2) is 23.2 Å². The highest BCUT2D eigenvalue weighted by Crippen LogP contribution is 2.31. The number of methoxy groups -OCH3 is 2. The lowest BCUT2D eigenvalue weighted by molar-refractivity contribution is 0.0985. The predicted octanol–water partition coefficient (Wildman–Crippen LogP) is 1.69. The van der Waals surface area contributed by atoms with Crippen LogP contribution in [0, 0.1) is 0 Å². The van der Waals surface area contributed by atoms with Crippen LogP contribution in [-0.2, 0) is 25.1 Å². The molecular formula is C22H31N5O6S. The van der Waals surface area contributed by atoms with Crippen LogP contribution < -0.4 is 20.3 Å². The van der Waals surface area contributed by atoms with Crippen molar-refractivity contribution in [2.45, 2.75) is 18.7 Å². The molecule has 2 amide bonds. The summed E-state index contributed by atoms with van der Waals surface area (Å²) in [6.07, 6.45) is 1.17. The second-order valence-electron chi connectivity index (χ2n) is 8.02. The van der Waals surface area contributed by atoms with Crippen LogP contribution in [0.3, 0.4) is 0 Å². The van der Waals surface area contributed by atoms with Gasteiger partial charge in [-0.15, -0.1) is 0 Å². The lowest BCUT2D eigenvalue weighted by Crippen LogP contribution is -2.44.